The van der Waals surface area contributed by atoms with Crippen molar-refractivity contribution < 1.29 is 17.9 Å². The normalized spacial score (nSPS) is 15.7. The van der Waals surface area contributed by atoms with Crippen LogP contribution in [0.3, 0.4) is 0 Å². The molecule has 0 spiro atoms. The zero-order chi connectivity index (χ0) is 7.49. The third-order valence-electron chi connectivity index (χ3n) is 0.467. The summed E-state index contributed by atoms with van der Waals surface area (Å²) in [5.74, 6) is 0. The highest BCUT2D eigenvalue weighted by Gasteiger charge is 2.38. The molecule has 0 aromatic carbocycles. The van der Waals surface area contributed by atoms with Crippen molar-refractivity contribution in [2.24, 2.45) is 0 Å². The smallest absolute Gasteiger partial charge is 0.338 e. The predicted octanol–water partition coefficient (Wildman–Crippen LogP) is 2.33. The van der Waals surface area contributed by atoms with E-state index >= 15 is 0 Å². The summed E-state index contributed by atoms with van der Waals surface area (Å²) in [6.45, 7) is 0. The van der Waals surface area contributed by atoms with Crippen LogP contribution in [-0.2, 0) is 4.74 Å². The molecule has 0 heterocycles. The molecule has 0 rings (SSSR count). The van der Waals surface area contributed by atoms with E-state index in [2.05, 4.69) is 16.3 Å². The molecule has 0 aromatic heterocycles. The first-order chi connectivity index (χ1) is 3.98. The molecule has 0 N–H and O–H groups in total. The van der Waals surface area contributed by atoms with Crippen molar-refractivity contribution in [1.29, 1.82) is 0 Å². The number of rotatable bonds is 2. The third-order valence-corrected chi connectivity index (χ3v) is 0.966. The van der Waals surface area contributed by atoms with Crippen LogP contribution in [0.5, 0.6) is 0 Å². The molecule has 0 aliphatic rings. The molecule has 0 bridgehead atoms. The van der Waals surface area contributed by atoms with Crippen LogP contribution >= 0.6 is 23.2 Å². The fourth-order valence-electron chi connectivity index (χ4n) is 0.150. The van der Waals surface area contributed by atoms with Gasteiger partial charge in [0.2, 0.25) is 5.56 Å². The fraction of sp³-hybridized carbons (Fsp3) is 1.00. The summed E-state index contributed by atoms with van der Waals surface area (Å²) in [7, 11) is 0. The fourth-order valence-corrected chi connectivity index (χ4v) is 0.403. The molecule has 0 aliphatic heterocycles. The van der Waals surface area contributed by atoms with Gasteiger partial charge in [-0.2, -0.15) is 13.2 Å². The van der Waals surface area contributed by atoms with Gasteiger partial charge in [-0.05, 0) is 0 Å². The maximum Gasteiger partial charge on any atom is 0.428 e. The SMILES string of the molecule is FC(F)(F)C(Cl)OCCl. The molecule has 0 fully saturated rings. The van der Waals surface area contributed by atoms with E-state index in [-0.39, 0.29) is 0 Å². The molecule has 0 saturated carbocycles. The van der Waals surface area contributed by atoms with Crippen LogP contribution in [0.2, 0.25) is 0 Å². The van der Waals surface area contributed by atoms with E-state index in [1.165, 1.54) is 0 Å². The lowest BCUT2D eigenvalue weighted by Crippen LogP contribution is -2.25. The Balaban J connectivity index is 3.59. The van der Waals surface area contributed by atoms with Gasteiger partial charge < -0.3 is 4.74 Å². The summed E-state index contributed by atoms with van der Waals surface area (Å²) in [6, 6.07) is -0.562. The van der Waals surface area contributed by atoms with Crippen LogP contribution in [0.15, 0.2) is 0 Å². The van der Waals surface area contributed by atoms with Crippen molar-refractivity contribution in [3.63, 3.8) is 0 Å². The lowest BCUT2D eigenvalue weighted by Gasteiger charge is -2.11. The molecule has 0 saturated heterocycles. The van der Waals surface area contributed by atoms with E-state index in [9.17, 15) is 13.2 Å². The first kappa shape index (κ1) is 9.33. The summed E-state index contributed by atoms with van der Waals surface area (Å²) in [5.41, 5.74) is -2.30. The Hall–Kier alpha value is 0.330. The highest BCUT2D eigenvalue weighted by molar-refractivity contribution is 6.21. The Morgan fingerprint density at radius 2 is 1.89 bits per heavy atom. The van der Waals surface area contributed by atoms with Gasteiger partial charge in [-0.3, -0.25) is 0 Å². The highest BCUT2D eigenvalue weighted by atomic mass is 35.5. The van der Waals surface area contributed by atoms with E-state index in [1.54, 1.807) is 0 Å². The standard InChI is InChI=1S/C3H3Cl2F3O/c4-1-9-2(5)3(6,7)8/h2H,1H2. The van der Waals surface area contributed by atoms with Gasteiger partial charge in [0.25, 0.3) is 0 Å². The zero-order valence-corrected chi connectivity index (χ0v) is 5.59. The summed E-state index contributed by atoms with van der Waals surface area (Å²) in [5, 5.41) is 0. The minimum atomic E-state index is -4.53. The second-order valence-corrected chi connectivity index (χ2v) is 1.75. The maximum atomic E-state index is 11.3. The molecule has 0 amide bonds. The number of hydrogen-bond acceptors (Lipinski definition) is 1. The Morgan fingerprint density at radius 3 is 2.00 bits per heavy atom. The second kappa shape index (κ2) is 3.49. The molecule has 0 radical (unpaired) electrons. The quantitative estimate of drug-likeness (QED) is 0.596. The van der Waals surface area contributed by atoms with E-state index in [4.69, 9.17) is 11.6 Å². The van der Waals surface area contributed by atoms with Crippen molar-refractivity contribution in [3.05, 3.63) is 0 Å². The van der Waals surface area contributed by atoms with Gasteiger partial charge in [0.15, 0.2) is 0 Å². The molecule has 0 aromatic rings. The molecule has 0 aliphatic carbocycles. The molecule has 6 heteroatoms. The molecule has 9 heavy (non-hydrogen) atoms. The summed E-state index contributed by atoms with van der Waals surface area (Å²) in [6.07, 6.45) is -4.53. The molecule has 1 unspecified atom stereocenters. The van der Waals surface area contributed by atoms with Crippen LogP contribution in [0.4, 0.5) is 13.2 Å². The van der Waals surface area contributed by atoms with Crippen molar-refractivity contribution in [2.45, 2.75) is 11.7 Å². The van der Waals surface area contributed by atoms with E-state index in [0.29, 0.717) is 0 Å². The maximum absolute atomic E-state index is 11.3. The summed E-state index contributed by atoms with van der Waals surface area (Å²) in [4.78, 5) is 0. The predicted molar refractivity (Wildman–Crippen MR) is 27.5 cm³/mol. The third kappa shape index (κ3) is 3.83. The minimum absolute atomic E-state index is 0.562. The first-order valence-corrected chi connectivity index (χ1v) is 2.84. The monoisotopic (exact) mass is 182 g/mol. The van der Waals surface area contributed by atoms with E-state index in [1.807, 2.05) is 0 Å². The van der Waals surface area contributed by atoms with Crippen LogP contribution < -0.4 is 0 Å². The Kier molecular flexibility index (Phi) is 3.61. The van der Waals surface area contributed by atoms with Crippen molar-refractivity contribution >= 4 is 23.2 Å². The molecule has 1 atom stereocenters. The van der Waals surface area contributed by atoms with E-state index < -0.39 is 17.8 Å². The van der Waals surface area contributed by atoms with Gasteiger partial charge in [0.1, 0.15) is 6.07 Å². The molecular formula is C3H3Cl2F3O. The zero-order valence-electron chi connectivity index (χ0n) is 4.08. The average Bonchev–Trinajstić information content (AvgIpc) is 1.64. The molecular weight excluding hydrogens is 180 g/mol. The summed E-state index contributed by atoms with van der Waals surface area (Å²) >= 11 is 9.42. The topological polar surface area (TPSA) is 9.23 Å². The minimum Gasteiger partial charge on any atom is -0.338 e. The number of alkyl halides is 5. The second-order valence-electron chi connectivity index (χ2n) is 1.13. The molecule has 1 nitrogen and oxygen atoms in total. The first-order valence-electron chi connectivity index (χ1n) is 1.87. The van der Waals surface area contributed by atoms with Gasteiger partial charge in [-0.1, -0.05) is 23.2 Å². The van der Waals surface area contributed by atoms with Crippen LogP contribution in [0.1, 0.15) is 0 Å². The van der Waals surface area contributed by atoms with Crippen molar-refractivity contribution in [2.75, 3.05) is 6.07 Å². The number of ether oxygens (including phenoxy) is 1. The van der Waals surface area contributed by atoms with Crippen LogP contribution in [0, 0.1) is 0 Å². The Labute approximate surface area is 59.7 Å². The van der Waals surface area contributed by atoms with Crippen molar-refractivity contribution in [1.82, 2.24) is 0 Å². The lowest BCUT2D eigenvalue weighted by molar-refractivity contribution is -0.186. The van der Waals surface area contributed by atoms with Gasteiger partial charge in [0.05, 0.1) is 0 Å². The average molecular weight is 183 g/mol. The lowest BCUT2D eigenvalue weighted by atomic mass is 10.7. The highest BCUT2D eigenvalue weighted by Crippen LogP contribution is 2.25. The van der Waals surface area contributed by atoms with Gasteiger partial charge in [-0.25, -0.2) is 0 Å². The van der Waals surface area contributed by atoms with Crippen LogP contribution in [0.25, 0.3) is 0 Å². The number of hydrogen-bond donors (Lipinski definition) is 0. The van der Waals surface area contributed by atoms with Gasteiger partial charge in [-0.15, -0.1) is 0 Å². The van der Waals surface area contributed by atoms with Gasteiger partial charge >= 0.3 is 6.18 Å². The largest absolute Gasteiger partial charge is 0.428 e. The molecule has 56 valence electrons. The van der Waals surface area contributed by atoms with E-state index in [0.717, 1.165) is 0 Å². The number of halogens is 5. The van der Waals surface area contributed by atoms with Crippen molar-refractivity contribution in [3.8, 4) is 0 Å². The summed E-state index contributed by atoms with van der Waals surface area (Å²) < 4.78 is 37.8. The Bertz CT molecular complexity index is 83.6. The van der Waals surface area contributed by atoms with Gasteiger partial charge in [0, 0.05) is 0 Å². The Morgan fingerprint density at radius 1 is 1.44 bits per heavy atom. The van der Waals surface area contributed by atoms with Crippen LogP contribution in [-0.4, -0.2) is 17.8 Å².